The van der Waals surface area contributed by atoms with Gasteiger partial charge in [-0.2, -0.15) is 13.2 Å². The Hall–Kier alpha value is -0.830. The third kappa shape index (κ3) is 4.08. The zero-order valence-electron chi connectivity index (χ0n) is 11.1. The Morgan fingerprint density at radius 1 is 1.40 bits per heavy atom. The van der Waals surface area contributed by atoms with E-state index in [2.05, 4.69) is 0 Å². The molecule has 118 valence electrons. The summed E-state index contributed by atoms with van der Waals surface area (Å²) in [4.78, 5) is 11.2. The molecule has 0 amide bonds. The monoisotopic (exact) mass is 317 g/mol. The van der Waals surface area contributed by atoms with Crippen LogP contribution in [0.2, 0.25) is 0 Å². The summed E-state index contributed by atoms with van der Waals surface area (Å²) in [5, 5.41) is 9.16. The predicted molar refractivity (Wildman–Crippen MR) is 65.6 cm³/mol. The van der Waals surface area contributed by atoms with Crippen molar-refractivity contribution in [3.05, 3.63) is 0 Å². The molecule has 1 atom stereocenters. The smallest absolute Gasteiger partial charge is 0.389 e. The number of hydrogen-bond donors (Lipinski definition) is 1. The Labute approximate surface area is 115 Å². The Balaban J connectivity index is 2.65. The van der Waals surface area contributed by atoms with Gasteiger partial charge in [0.2, 0.25) is 10.0 Å². The molecule has 0 aliphatic carbocycles. The van der Waals surface area contributed by atoms with E-state index >= 15 is 0 Å². The molecule has 1 unspecified atom stereocenters. The quantitative estimate of drug-likeness (QED) is 0.811. The highest BCUT2D eigenvalue weighted by molar-refractivity contribution is 7.89. The van der Waals surface area contributed by atoms with Gasteiger partial charge in [-0.3, -0.25) is 4.79 Å². The van der Waals surface area contributed by atoms with Gasteiger partial charge >= 0.3 is 12.1 Å². The largest absolute Gasteiger partial charge is 0.481 e. The fourth-order valence-corrected chi connectivity index (χ4v) is 3.85. The lowest BCUT2D eigenvalue weighted by Crippen LogP contribution is -2.37. The summed E-state index contributed by atoms with van der Waals surface area (Å²) >= 11 is 0. The van der Waals surface area contributed by atoms with E-state index in [4.69, 9.17) is 5.11 Å². The van der Waals surface area contributed by atoms with Crippen LogP contribution in [-0.4, -0.2) is 48.8 Å². The molecule has 1 aliphatic rings. The summed E-state index contributed by atoms with van der Waals surface area (Å²) < 4.78 is 60.8. The Morgan fingerprint density at radius 2 is 2.00 bits per heavy atom. The van der Waals surface area contributed by atoms with Gasteiger partial charge in [-0.05, 0) is 19.3 Å². The van der Waals surface area contributed by atoms with Gasteiger partial charge in [-0.15, -0.1) is 0 Å². The summed E-state index contributed by atoms with van der Waals surface area (Å²) in [6, 6.07) is 0. The van der Waals surface area contributed by atoms with Crippen LogP contribution in [0.3, 0.4) is 0 Å². The van der Waals surface area contributed by atoms with E-state index in [0.29, 0.717) is 0 Å². The van der Waals surface area contributed by atoms with Crippen LogP contribution in [-0.2, 0) is 14.8 Å². The third-order valence-electron chi connectivity index (χ3n) is 3.71. The van der Waals surface area contributed by atoms with Crippen LogP contribution in [0.25, 0.3) is 0 Å². The number of aliphatic carboxylic acids is 1. The zero-order chi connectivity index (χ0) is 15.6. The van der Waals surface area contributed by atoms with E-state index in [-0.39, 0.29) is 25.9 Å². The SMILES string of the molecule is CCC1(C(=O)O)CCN(S(=O)(=O)CCCC(F)(F)F)C1. The molecule has 0 saturated carbocycles. The van der Waals surface area contributed by atoms with Gasteiger partial charge in [0.1, 0.15) is 0 Å². The van der Waals surface area contributed by atoms with Crippen molar-refractivity contribution in [1.29, 1.82) is 0 Å². The van der Waals surface area contributed by atoms with Crippen molar-refractivity contribution < 1.29 is 31.5 Å². The second-order valence-electron chi connectivity index (χ2n) is 5.06. The highest BCUT2D eigenvalue weighted by Gasteiger charge is 2.46. The summed E-state index contributed by atoms with van der Waals surface area (Å²) in [5.41, 5.74) is -1.11. The first kappa shape index (κ1) is 17.2. The molecule has 0 spiro atoms. The number of carbonyl (C=O) groups is 1. The second-order valence-corrected chi connectivity index (χ2v) is 7.15. The molecule has 0 bridgehead atoms. The fraction of sp³-hybridized carbons (Fsp3) is 0.909. The van der Waals surface area contributed by atoms with Crippen molar-refractivity contribution >= 4 is 16.0 Å². The Kier molecular flexibility index (Phi) is 5.07. The molecule has 1 N–H and O–H groups in total. The van der Waals surface area contributed by atoms with E-state index in [1.165, 1.54) is 0 Å². The van der Waals surface area contributed by atoms with E-state index in [1.54, 1.807) is 6.92 Å². The van der Waals surface area contributed by atoms with E-state index in [1.807, 2.05) is 0 Å². The molecule has 0 aromatic rings. The zero-order valence-corrected chi connectivity index (χ0v) is 11.9. The van der Waals surface area contributed by atoms with Gasteiger partial charge in [-0.1, -0.05) is 6.92 Å². The number of nitrogens with zero attached hydrogens (tertiary/aromatic N) is 1. The lowest BCUT2D eigenvalue weighted by molar-refractivity contribution is -0.148. The molecule has 1 heterocycles. The van der Waals surface area contributed by atoms with Crippen LogP contribution < -0.4 is 0 Å². The summed E-state index contributed by atoms with van der Waals surface area (Å²) in [6.07, 6.45) is -5.56. The minimum Gasteiger partial charge on any atom is -0.481 e. The number of sulfonamides is 1. The van der Waals surface area contributed by atoms with E-state index in [9.17, 15) is 26.4 Å². The van der Waals surface area contributed by atoms with Gasteiger partial charge in [-0.25, -0.2) is 12.7 Å². The minimum atomic E-state index is -4.38. The summed E-state index contributed by atoms with van der Waals surface area (Å²) in [6.45, 7) is 1.55. The molecular weight excluding hydrogens is 299 g/mol. The third-order valence-corrected chi connectivity index (χ3v) is 5.61. The topological polar surface area (TPSA) is 74.7 Å². The number of alkyl halides is 3. The van der Waals surface area contributed by atoms with Gasteiger partial charge in [0.05, 0.1) is 11.2 Å². The minimum absolute atomic E-state index is 0.0501. The highest BCUT2D eigenvalue weighted by Crippen LogP contribution is 2.35. The second kappa shape index (κ2) is 5.88. The van der Waals surface area contributed by atoms with Crippen molar-refractivity contribution in [2.24, 2.45) is 5.41 Å². The molecule has 5 nitrogen and oxygen atoms in total. The maximum absolute atomic E-state index is 12.0. The van der Waals surface area contributed by atoms with Crippen molar-refractivity contribution in [3.63, 3.8) is 0 Å². The average molecular weight is 317 g/mol. The molecule has 0 aromatic heterocycles. The predicted octanol–water partition coefficient (Wildman–Crippen LogP) is 1.85. The number of rotatable bonds is 6. The Bertz CT molecular complexity index is 463. The molecular formula is C11H18F3NO4S. The van der Waals surface area contributed by atoms with Crippen LogP contribution in [0, 0.1) is 5.41 Å². The van der Waals surface area contributed by atoms with Crippen molar-refractivity contribution in [2.75, 3.05) is 18.8 Å². The maximum atomic E-state index is 12.0. The summed E-state index contributed by atoms with van der Waals surface area (Å²) in [5.74, 6) is -1.67. The Morgan fingerprint density at radius 3 is 2.40 bits per heavy atom. The van der Waals surface area contributed by atoms with Crippen LogP contribution in [0.4, 0.5) is 13.2 Å². The van der Waals surface area contributed by atoms with E-state index in [0.717, 1.165) is 4.31 Å². The van der Waals surface area contributed by atoms with Crippen LogP contribution in [0.15, 0.2) is 0 Å². The first-order chi connectivity index (χ1) is 9.02. The van der Waals surface area contributed by atoms with Gasteiger partial charge in [0.15, 0.2) is 0 Å². The van der Waals surface area contributed by atoms with Crippen molar-refractivity contribution in [2.45, 2.75) is 38.8 Å². The molecule has 0 aromatic carbocycles. The lowest BCUT2D eigenvalue weighted by Gasteiger charge is -2.23. The molecule has 0 radical (unpaired) electrons. The molecule has 20 heavy (non-hydrogen) atoms. The normalized spacial score (nSPS) is 25.0. The fourth-order valence-electron chi connectivity index (χ4n) is 2.27. The van der Waals surface area contributed by atoms with Crippen molar-refractivity contribution in [1.82, 2.24) is 4.31 Å². The first-order valence-corrected chi connectivity index (χ1v) is 7.91. The number of hydrogen-bond acceptors (Lipinski definition) is 3. The van der Waals surface area contributed by atoms with Gasteiger partial charge in [0.25, 0.3) is 0 Å². The standard InChI is InChI=1S/C11H18F3NO4S/c1-2-10(9(16)17)5-6-15(8-10)20(18,19)7-3-4-11(12,13)14/h2-8H2,1H3,(H,16,17). The molecule has 1 rings (SSSR count). The van der Waals surface area contributed by atoms with Gasteiger partial charge < -0.3 is 5.11 Å². The number of carboxylic acid groups (broad SMARTS) is 1. The van der Waals surface area contributed by atoms with Crippen molar-refractivity contribution in [3.8, 4) is 0 Å². The van der Waals surface area contributed by atoms with Gasteiger partial charge in [0, 0.05) is 19.5 Å². The summed E-state index contributed by atoms with van der Waals surface area (Å²) in [7, 11) is -3.83. The van der Waals surface area contributed by atoms with Crippen LogP contribution in [0.1, 0.15) is 32.6 Å². The van der Waals surface area contributed by atoms with Crippen LogP contribution in [0.5, 0.6) is 0 Å². The first-order valence-electron chi connectivity index (χ1n) is 6.30. The lowest BCUT2D eigenvalue weighted by atomic mass is 9.85. The number of halogens is 3. The molecule has 1 aliphatic heterocycles. The van der Waals surface area contributed by atoms with Crippen LogP contribution >= 0.6 is 0 Å². The number of carboxylic acids is 1. The van der Waals surface area contributed by atoms with E-state index < -0.39 is 46.2 Å². The maximum Gasteiger partial charge on any atom is 0.389 e. The molecule has 9 heteroatoms. The molecule has 1 fully saturated rings. The average Bonchev–Trinajstić information content (AvgIpc) is 2.73. The highest BCUT2D eigenvalue weighted by atomic mass is 32.2. The molecule has 1 saturated heterocycles.